The highest BCUT2D eigenvalue weighted by Gasteiger charge is 2.31. The van der Waals surface area contributed by atoms with Crippen molar-refractivity contribution in [2.75, 3.05) is 0 Å². The molecule has 1 heteroatoms. The average Bonchev–Trinajstić information content (AvgIpc) is 2.26. The number of Topliss-reactive ketones (excluding diaryl/α,β-unsaturated/α-hetero) is 1. The Morgan fingerprint density at radius 1 is 1.29 bits per heavy atom. The number of rotatable bonds is 4. The van der Waals surface area contributed by atoms with E-state index in [0.29, 0.717) is 17.6 Å². The van der Waals surface area contributed by atoms with Gasteiger partial charge in [0.1, 0.15) is 5.78 Å². The summed E-state index contributed by atoms with van der Waals surface area (Å²) in [4.78, 5) is 12.1. The Kier molecular flexibility index (Phi) is 4.64. The molecule has 0 aromatic carbocycles. The van der Waals surface area contributed by atoms with E-state index in [1.807, 2.05) is 0 Å². The summed E-state index contributed by atoms with van der Waals surface area (Å²) in [6.45, 7) is 6.43. The molecule has 1 fully saturated rings. The summed E-state index contributed by atoms with van der Waals surface area (Å²) in [5, 5.41) is 0. The van der Waals surface area contributed by atoms with Gasteiger partial charge in [0, 0.05) is 11.8 Å². The molecular weight excluding hydrogens is 172 g/mol. The highest BCUT2D eigenvalue weighted by Crippen LogP contribution is 2.34. The zero-order chi connectivity index (χ0) is 10.6. The first-order chi connectivity index (χ1) is 6.70. The largest absolute Gasteiger partial charge is 0.299 e. The predicted molar refractivity (Wildman–Crippen MR) is 60.2 cm³/mol. The molecule has 1 aliphatic rings. The molecule has 0 N–H and O–H groups in total. The smallest absolute Gasteiger partial charge is 0.139 e. The van der Waals surface area contributed by atoms with Crippen molar-refractivity contribution in [2.45, 2.75) is 59.3 Å². The molecule has 0 unspecified atom stereocenters. The summed E-state index contributed by atoms with van der Waals surface area (Å²) < 4.78 is 0. The van der Waals surface area contributed by atoms with Crippen LogP contribution in [0.2, 0.25) is 0 Å². The maximum atomic E-state index is 12.1. The molecule has 14 heavy (non-hydrogen) atoms. The number of hydrogen-bond donors (Lipinski definition) is 0. The molecule has 3 atom stereocenters. The standard InChI is InChI=1S/C13H24O/c1-4-10(3)13(14)12-9-7-6-8-11(12)5-2/h10-12H,4-9H2,1-3H3/t10-,11-,12+/m0/s1. The SMILES string of the molecule is CC[C@H]1CCCC[C@H]1C(=O)[C@@H](C)CC. The molecule has 0 heterocycles. The van der Waals surface area contributed by atoms with E-state index in [0.717, 1.165) is 12.8 Å². The van der Waals surface area contributed by atoms with Gasteiger partial charge in [-0.1, -0.05) is 40.0 Å². The van der Waals surface area contributed by atoms with Crippen LogP contribution in [0.25, 0.3) is 0 Å². The van der Waals surface area contributed by atoms with Gasteiger partial charge in [0.25, 0.3) is 0 Å². The van der Waals surface area contributed by atoms with Crippen molar-refractivity contribution in [3.8, 4) is 0 Å². The van der Waals surface area contributed by atoms with Crippen LogP contribution in [-0.2, 0) is 4.79 Å². The molecule has 0 radical (unpaired) electrons. The Hall–Kier alpha value is -0.330. The van der Waals surface area contributed by atoms with Crippen LogP contribution in [0.1, 0.15) is 59.3 Å². The van der Waals surface area contributed by atoms with Crippen LogP contribution in [0.5, 0.6) is 0 Å². The quantitative estimate of drug-likeness (QED) is 0.668. The van der Waals surface area contributed by atoms with E-state index in [2.05, 4.69) is 20.8 Å². The minimum atomic E-state index is 0.284. The van der Waals surface area contributed by atoms with E-state index >= 15 is 0 Å². The zero-order valence-electron chi connectivity index (χ0n) is 9.88. The summed E-state index contributed by atoms with van der Waals surface area (Å²) in [7, 11) is 0. The molecule has 0 amide bonds. The molecule has 82 valence electrons. The van der Waals surface area contributed by atoms with Gasteiger partial charge in [-0.3, -0.25) is 4.79 Å². The molecule has 1 nitrogen and oxygen atoms in total. The fourth-order valence-corrected chi connectivity index (χ4v) is 2.64. The van der Waals surface area contributed by atoms with Crippen molar-refractivity contribution in [1.82, 2.24) is 0 Å². The summed E-state index contributed by atoms with van der Waals surface area (Å²) in [6.07, 6.45) is 7.23. The van der Waals surface area contributed by atoms with E-state index in [1.54, 1.807) is 0 Å². The zero-order valence-corrected chi connectivity index (χ0v) is 9.88. The van der Waals surface area contributed by atoms with E-state index < -0.39 is 0 Å². The van der Waals surface area contributed by atoms with Crippen LogP contribution in [0.4, 0.5) is 0 Å². The van der Waals surface area contributed by atoms with Gasteiger partial charge in [-0.2, -0.15) is 0 Å². The monoisotopic (exact) mass is 196 g/mol. The number of ketones is 1. The van der Waals surface area contributed by atoms with Gasteiger partial charge >= 0.3 is 0 Å². The molecule has 1 rings (SSSR count). The topological polar surface area (TPSA) is 17.1 Å². The van der Waals surface area contributed by atoms with Crippen molar-refractivity contribution < 1.29 is 4.79 Å². The highest BCUT2D eigenvalue weighted by atomic mass is 16.1. The van der Waals surface area contributed by atoms with Crippen LogP contribution in [-0.4, -0.2) is 5.78 Å². The second-order valence-corrected chi connectivity index (χ2v) is 4.77. The second kappa shape index (κ2) is 5.53. The molecule has 0 spiro atoms. The minimum Gasteiger partial charge on any atom is -0.299 e. The summed E-state index contributed by atoms with van der Waals surface area (Å²) in [5.41, 5.74) is 0. The maximum Gasteiger partial charge on any atom is 0.139 e. The third-order valence-corrected chi connectivity index (χ3v) is 3.90. The normalized spacial score (nSPS) is 29.9. The van der Waals surface area contributed by atoms with E-state index in [1.165, 1.54) is 25.7 Å². The van der Waals surface area contributed by atoms with Gasteiger partial charge in [-0.05, 0) is 25.2 Å². The lowest BCUT2D eigenvalue weighted by Gasteiger charge is -2.31. The van der Waals surface area contributed by atoms with Crippen LogP contribution < -0.4 is 0 Å². The summed E-state index contributed by atoms with van der Waals surface area (Å²) in [6, 6.07) is 0. The third kappa shape index (κ3) is 2.59. The minimum absolute atomic E-state index is 0.284. The number of hydrogen-bond acceptors (Lipinski definition) is 1. The van der Waals surface area contributed by atoms with Gasteiger partial charge in [0.05, 0.1) is 0 Å². The lowest BCUT2D eigenvalue weighted by atomic mass is 9.73. The molecule has 0 saturated heterocycles. The lowest BCUT2D eigenvalue weighted by molar-refractivity contribution is -0.129. The van der Waals surface area contributed by atoms with Gasteiger partial charge < -0.3 is 0 Å². The first kappa shape index (κ1) is 11.7. The summed E-state index contributed by atoms with van der Waals surface area (Å²) >= 11 is 0. The van der Waals surface area contributed by atoms with Gasteiger partial charge in [0.15, 0.2) is 0 Å². The second-order valence-electron chi connectivity index (χ2n) is 4.77. The average molecular weight is 196 g/mol. The Morgan fingerprint density at radius 3 is 2.50 bits per heavy atom. The molecular formula is C13H24O. The molecule has 0 aliphatic heterocycles. The number of carbonyl (C=O) groups is 1. The van der Waals surface area contributed by atoms with Crippen LogP contribution in [0, 0.1) is 17.8 Å². The van der Waals surface area contributed by atoms with E-state index in [9.17, 15) is 4.79 Å². The van der Waals surface area contributed by atoms with E-state index in [4.69, 9.17) is 0 Å². The van der Waals surface area contributed by atoms with Crippen LogP contribution in [0.15, 0.2) is 0 Å². The Labute approximate surface area is 88.3 Å². The van der Waals surface area contributed by atoms with E-state index in [-0.39, 0.29) is 5.92 Å². The Balaban J connectivity index is 2.58. The first-order valence-electron chi connectivity index (χ1n) is 6.24. The molecule has 1 saturated carbocycles. The van der Waals surface area contributed by atoms with Crippen molar-refractivity contribution in [1.29, 1.82) is 0 Å². The van der Waals surface area contributed by atoms with Crippen molar-refractivity contribution in [3.05, 3.63) is 0 Å². The van der Waals surface area contributed by atoms with Gasteiger partial charge in [0.2, 0.25) is 0 Å². The first-order valence-corrected chi connectivity index (χ1v) is 6.24. The van der Waals surface area contributed by atoms with Crippen molar-refractivity contribution in [3.63, 3.8) is 0 Å². The lowest BCUT2D eigenvalue weighted by Crippen LogP contribution is -2.30. The predicted octanol–water partition coefficient (Wildman–Crippen LogP) is 3.82. The van der Waals surface area contributed by atoms with Crippen LogP contribution >= 0.6 is 0 Å². The maximum absolute atomic E-state index is 12.1. The molecule has 0 bridgehead atoms. The molecule has 0 aromatic rings. The Bertz CT molecular complexity index is 186. The fraction of sp³-hybridized carbons (Fsp3) is 0.923. The van der Waals surface area contributed by atoms with Crippen LogP contribution in [0.3, 0.4) is 0 Å². The Morgan fingerprint density at radius 2 is 1.93 bits per heavy atom. The fourth-order valence-electron chi connectivity index (χ4n) is 2.64. The third-order valence-electron chi connectivity index (χ3n) is 3.90. The van der Waals surface area contributed by atoms with Crippen molar-refractivity contribution >= 4 is 5.78 Å². The highest BCUT2D eigenvalue weighted by molar-refractivity contribution is 5.83. The number of carbonyl (C=O) groups excluding carboxylic acids is 1. The van der Waals surface area contributed by atoms with Crippen molar-refractivity contribution in [2.24, 2.45) is 17.8 Å². The van der Waals surface area contributed by atoms with Gasteiger partial charge in [-0.25, -0.2) is 0 Å². The summed E-state index contributed by atoms with van der Waals surface area (Å²) in [5.74, 6) is 1.90. The van der Waals surface area contributed by atoms with Gasteiger partial charge in [-0.15, -0.1) is 0 Å². The molecule has 1 aliphatic carbocycles. The molecule has 0 aromatic heterocycles.